The summed E-state index contributed by atoms with van der Waals surface area (Å²) >= 11 is 0. The molecule has 4 atom stereocenters. The van der Waals surface area contributed by atoms with Crippen LogP contribution >= 0.6 is 7.60 Å². The highest BCUT2D eigenvalue weighted by atomic mass is 31.2. The summed E-state index contributed by atoms with van der Waals surface area (Å²) in [6.07, 6.45) is -2.50. The fourth-order valence-corrected chi connectivity index (χ4v) is 5.47. The molecule has 0 spiro atoms. The quantitative estimate of drug-likeness (QED) is 0.330. The lowest BCUT2D eigenvalue weighted by Crippen LogP contribution is -2.57. The molecule has 188 valence electrons. The van der Waals surface area contributed by atoms with Crippen molar-refractivity contribution < 1.29 is 42.1 Å². The van der Waals surface area contributed by atoms with Crippen molar-refractivity contribution in [1.82, 2.24) is 5.32 Å². The largest absolute Gasteiger partial charge is 0.376 e. The zero-order valence-corrected chi connectivity index (χ0v) is 21.2. The minimum Gasteiger partial charge on any atom is -0.376 e. The highest BCUT2D eigenvalue weighted by Gasteiger charge is 2.56. The van der Waals surface area contributed by atoms with Gasteiger partial charge in [0.05, 0.1) is 13.2 Å². The molecule has 1 aromatic rings. The van der Waals surface area contributed by atoms with Crippen molar-refractivity contribution in [2.45, 2.75) is 63.4 Å². The highest BCUT2D eigenvalue weighted by Crippen LogP contribution is 2.56. The number of carbonyl (C=O) groups excluding carboxylic acids is 1. The van der Waals surface area contributed by atoms with Gasteiger partial charge in [-0.2, -0.15) is 0 Å². The van der Waals surface area contributed by atoms with Crippen LogP contribution in [0.5, 0.6) is 0 Å². The summed E-state index contributed by atoms with van der Waals surface area (Å²) in [4.78, 5) is 12.0. The Morgan fingerprint density at radius 2 is 1.64 bits per heavy atom. The van der Waals surface area contributed by atoms with Gasteiger partial charge in [-0.05, 0) is 19.4 Å². The second kappa shape index (κ2) is 12.4. The van der Waals surface area contributed by atoms with Crippen LogP contribution < -0.4 is 5.32 Å². The predicted octanol–water partition coefficient (Wildman–Crippen LogP) is 2.70. The van der Waals surface area contributed by atoms with E-state index in [1.165, 1.54) is 35.4 Å². The molecular weight excluding hydrogens is 453 g/mol. The molecule has 1 saturated heterocycles. The van der Waals surface area contributed by atoms with Gasteiger partial charge in [-0.1, -0.05) is 30.3 Å². The summed E-state index contributed by atoms with van der Waals surface area (Å²) in [5, 5.41) is 2.81. The number of benzene rings is 1. The van der Waals surface area contributed by atoms with Crippen molar-refractivity contribution in [2.75, 3.05) is 35.0 Å². The van der Waals surface area contributed by atoms with Gasteiger partial charge in [-0.3, -0.25) is 9.36 Å². The number of amides is 1. The first-order chi connectivity index (χ1) is 15.6. The normalized spacial score (nSPS) is 22.3. The number of rotatable bonds is 13. The van der Waals surface area contributed by atoms with Gasteiger partial charge in [0.1, 0.15) is 23.9 Å². The molecular formula is C22H36NO9P. The standard InChI is InChI=1S/C22H36NO9P/c1-15(24)23-18(21(26-4)27-5)20-19(31-22(2,3)32-20)17(33(25,28-6)29-7)14-30-13-16-11-9-8-10-12-16/h8-12,17-21H,13-14H2,1-7H3,(H,23,24)/t17-,18-,19-,20-/m1/s1. The lowest BCUT2D eigenvalue weighted by Gasteiger charge is -2.35. The molecule has 0 aliphatic carbocycles. The fourth-order valence-electron chi connectivity index (χ4n) is 3.90. The van der Waals surface area contributed by atoms with Gasteiger partial charge in [0.15, 0.2) is 12.1 Å². The maximum absolute atomic E-state index is 13.6. The first-order valence-electron chi connectivity index (χ1n) is 10.6. The summed E-state index contributed by atoms with van der Waals surface area (Å²) in [5.74, 6) is -1.37. The van der Waals surface area contributed by atoms with Gasteiger partial charge in [-0.15, -0.1) is 0 Å². The number of hydrogen-bond acceptors (Lipinski definition) is 9. The van der Waals surface area contributed by atoms with E-state index in [1.807, 2.05) is 30.3 Å². The number of hydrogen-bond donors (Lipinski definition) is 1. The molecule has 2 rings (SSSR count). The summed E-state index contributed by atoms with van der Waals surface area (Å²) in [7, 11) is 1.82. The Hall–Kier alpha value is -1.36. The van der Waals surface area contributed by atoms with E-state index in [4.69, 9.17) is 32.7 Å². The minimum atomic E-state index is -3.70. The topological polar surface area (TPSA) is 111 Å². The Kier molecular flexibility index (Phi) is 10.5. The summed E-state index contributed by atoms with van der Waals surface area (Å²) in [6, 6.07) is 8.81. The molecule has 1 aliphatic rings. The SMILES string of the molecule is COC(OC)[C@H](NC(C)=O)[C@H]1OC(C)(C)O[C@@H]1[C@@H](COCc1ccccc1)P(=O)(OC)OC. The van der Waals surface area contributed by atoms with E-state index in [-0.39, 0.29) is 12.5 Å². The maximum Gasteiger partial charge on any atom is 0.338 e. The summed E-state index contributed by atoms with van der Waals surface area (Å²) in [6.45, 7) is 5.12. The number of carbonyl (C=O) groups is 1. The Balaban J connectivity index is 2.39. The number of ether oxygens (including phenoxy) is 5. The van der Waals surface area contributed by atoms with Crippen LogP contribution in [0.3, 0.4) is 0 Å². The zero-order valence-electron chi connectivity index (χ0n) is 20.3. The molecule has 10 nitrogen and oxygen atoms in total. The van der Waals surface area contributed by atoms with Gasteiger partial charge in [0, 0.05) is 35.4 Å². The van der Waals surface area contributed by atoms with E-state index in [2.05, 4.69) is 5.32 Å². The molecule has 1 amide bonds. The van der Waals surface area contributed by atoms with Gasteiger partial charge >= 0.3 is 7.60 Å². The predicted molar refractivity (Wildman–Crippen MR) is 121 cm³/mol. The van der Waals surface area contributed by atoms with Crippen molar-refractivity contribution >= 4 is 13.5 Å². The Morgan fingerprint density at radius 3 is 2.15 bits per heavy atom. The third-order valence-electron chi connectivity index (χ3n) is 5.34. The van der Waals surface area contributed by atoms with Gasteiger partial charge in [0.2, 0.25) is 5.91 Å². The van der Waals surface area contributed by atoms with Crippen molar-refractivity contribution in [3.8, 4) is 0 Å². The van der Waals surface area contributed by atoms with Crippen LogP contribution in [0, 0.1) is 0 Å². The van der Waals surface area contributed by atoms with Crippen molar-refractivity contribution in [3.63, 3.8) is 0 Å². The number of methoxy groups -OCH3 is 2. The molecule has 0 radical (unpaired) electrons. The second-order valence-electron chi connectivity index (χ2n) is 8.10. The summed E-state index contributed by atoms with van der Waals surface area (Å²) in [5.41, 5.74) is 0.0879. The molecule has 0 bridgehead atoms. The van der Waals surface area contributed by atoms with Gasteiger partial charge in [0.25, 0.3) is 0 Å². The molecule has 1 fully saturated rings. The third-order valence-corrected chi connectivity index (χ3v) is 7.61. The fraction of sp³-hybridized carbons (Fsp3) is 0.682. The van der Waals surface area contributed by atoms with Crippen molar-refractivity contribution in [2.24, 2.45) is 0 Å². The highest BCUT2D eigenvalue weighted by molar-refractivity contribution is 7.54. The molecule has 11 heteroatoms. The van der Waals surface area contributed by atoms with E-state index in [9.17, 15) is 9.36 Å². The van der Waals surface area contributed by atoms with E-state index < -0.39 is 43.6 Å². The molecule has 0 saturated carbocycles. The van der Waals surface area contributed by atoms with Gasteiger partial charge < -0.3 is 38.0 Å². The van der Waals surface area contributed by atoms with Crippen LogP contribution in [0.4, 0.5) is 0 Å². The Bertz CT molecular complexity index is 779. The second-order valence-corrected chi connectivity index (χ2v) is 10.6. The lowest BCUT2D eigenvalue weighted by molar-refractivity contribution is -0.175. The molecule has 0 unspecified atom stereocenters. The smallest absolute Gasteiger partial charge is 0.338 e. The van der Waals surface area contributed by atoms with E-state index >= 15 is 0 Å². The van der Waals surface area contributed by atoms with Crippen LogP contribution in [-0.2, 0) is 48.7 Å². The molecule has 0 aromatic heterocycles. The van der Waals surface area contributed by atoms with E-state index in [0.717, 1.165) is 5.56 Å². The van der Waals surface area contributed by atoms with Crippen LogP contribution in [0.2, 0.25) is 0 Å². The van der Waals surface area contributed by atoms with Crippen LogP contribution in [0.1, 0.15) is 26.3 Å². The average molecular weight is 490 g/mol. The van der Waals surface area contributed by atoms with Crippen molar-refractivity contribution in [3.05, 3.63) is 35.9 Å². The molecule has 1 heterocycles. The maximum atomic E-state index is 13.6. The first kappa shape index (κ1) is 27.9. The monoisotopic (exact) mass is 489 g/mol. The molecule has 1 aromatic carbocycles. The summed E-state index contributed by atoms with van der Waals surface area (Å²) < 4.78 is 53.3. The van der Waals surface area contributed by atoms with Gasteiger partial charge in [-0.25, -0.2) is 0 Å². The molecule has 1 N–H and O–H groups in total. The zero-order chi connectivity index (χ0) is 24.6. The molecule has 1 aliphatic heterocycles. The Morgan fingerprint density at radius 1 is 1.06 bits per heavy atom. The van der Waals surface area contributed by atoms with Crippen molar-refractivity contribution in [1.29, 1.82) is 0 Å². The van der Waals surface area contributed by atoms with Crippen LogP contribution in [-0.4, -0.2) is 76.9 Å². The lowest BCUT2D eigenvalue weighted by atomic mass is 10.0. The average Bonchev–Trinajstić information content (AvgIpc) is 3.11. The minimum absolute atomic E-state index is 0.00805. The number of nitrogens with one attached hydrogen (secondary N) is 1. The Labute approximate surface area is 195 Å². The first-order valence-corrected chi connectivity index (χ1v) is 12.2. The van der Waals surface area contributed by atoms with Crippen LogP contribution in [0.15, 0.2) is 30.3 Å². The van der Waals surface area contributed by atoms with E-state index in [0.29, 0.717) is 6.61 Å². The third kappa shape index (κ3) is 7.31. The molecule has 33 heavy (non-hydrogen) atoms. The van der Waals surface area contributed by atoms with E-state index in [1.54, 1.807) is 13.8 Å². The van der Waals surface area contributed by atoms with Crippen LogP contribution in [0.25, 0.3) is 0 Å².